The molecule has 2 aromatic rings. The second-order valence-corrected chi connectivity index (χ2v) is 3.80. The van der Waals surface area contributed by atoms with Gasteiger partial charge in [0.25, 0.3) is 5.95 Å². The molecular formula is C13H15NO2. The summed E-state index contributed by atoms with van der Waals surface area (Å²) in [6.07, 6.45) is 0. The molecule has 1 heterocycles. The molecular weight excluding hydrogens is 202 g/mol. The molecule has 0 bridgehead atoms. The van der Waals surface area contributed by atoms with E-state index in [-0.39, 0.29) is 0 Å². The van der Waals surface area contributed by atoms with E-state index in [0.717, 1.165) is 17.1 Å². The fourth-order valence-corrected chi connectivity index (χ4v) is 1.55. The lowest BCUT2D eigenvalue weighted by atomic mass is 10.1. The van der Waals surface area contributed by atoms with E-state index in [2.05, 4.69) is 13.0 Å². The molecule has 0 radical (unpaired) electrons. The fraction of sp³-hybridized carbons (Fsp3) is 0.231. The van der Waals surface area contributed by atoms with Gasteiger partial charge in [-0.1, -0.05) is 17.7 Å². The van der Waals surface area contributed by atoms with Crippen LogP contribution in [0, 0.1) is 13.8 Å². The number of furan rings is 1. The molecule has 0 unspecified atom stereocenters. The van der Waals surface area contributed by atoms with Crippen LogP contribution in [0.15, 0.2) is 34.7 Å². The largest absolute Gasteiger partial charge is 0.429 e. The molecule has 0 aliphatic heterocycles. The summed E-state index contributed by atoms with van der Waals surface area (Å²) in [6.45, 7) is 4.45. The van der Waals surface area contributed by atoms with Crippen molar-refractivity contribution in [2.45, 2.75) is 20.4 Å². The number of hydrogen-bond donors (Lipinski definition) is 1. The molecule has 0 spiro atoms. The summed E-state index contributed by atoms with van der Waals surface area (Å²) in [4.78, 5) is 0. The van der Waals surface area contributed by atoms with E-state index in [1.165, 1.54) is 5.56 Å². The Morgan fingerprint density at radius 3 is 2.62 bits per heavy atom. The van der Waals surface area contributed by atoms with E-state index in [1.54, 1.807) is 6.07 Å². The van der Waals surface area contributed by atoms with Crippen LogP contribution in [-0.2, 0) is 6.54 Å². The quantitative estimate of drug-likeness (QED) is 0.859. The van der Waals surface area contributed by atoms with Gasteiger partial charge in [-0.05, 0) is 31.5 Å². The monoisotopic (exact) mass is 217 g/mol. The van der Waals surface area contributed by atoms with E-state index < -0.39 is 0 Å². The maximum atomic E-state index is 5.62. The summed E-state index contributed by atoms with van der Waals surface area (Å²) in [7, 11) is 0. The SMILES string of the molecule is Cc1ccc(Oc2ccc(CN)o2)c(C)c1. The highest BCUT2D eigenvalue weighted by Crippen LogP contribution is 2.26. The zero-order valence-electron chi connectivity index (χ0n) is 9.49. The molecule has 0 saturated carbocycles. The van der Waals surface area contributed by atoms with Crippen molar-refractivity contribution in [1.82, 2.24) is 0 Å². The van der Waals surface area contributed by atoms with Gasteiger partial charge in [0.1, 0.15) is 11.5 Å². The van der Waals surface area contributed by atoms with Crippen molar-refractivity contribution in [2.24, 2.45) is 5.73 Å². The minimum Gasteiger partial charge on any atom is -0.429 e. The van der Waals surface area contributed by atoms with Crippen molar-refractivity contribution in [2.75, 3.05) is 0 Å². The van der Waals surface area contributed by atoms with Crippen LogP contribution in [0.4, 0.5) is 0 Å². The Kier molecular flexibility index (Phi) is 2.97. The van der Waals surface area contributed by atoms with E-state index in [0.29, 0.717) is 12.5 Å². The Hall–Kier alpha value is -1.74. The average molecular weight is 217 g/mol. The van der Waals surface area contributed by atoms with Gasteiger partial charge in [0.15, 0.2) is 0 Å². The number of rotatable bonds is 3. The maximum Gasteiger partial charge on any atom is 0.290 e. The van der Waals surface area contributed by atoms with Gasteiger partial charge in [0, 0.05) is 6.07 Å². The maximum absolute atomic E-state index is 5.62. The van der Waals surface area contributed by atoms with E-state index in [1.807, 2.05) is 25.1 Å². The van der Waals surface area contributed by atoms with E-state index >= 15 is 0 Å². The molecule has 84 valence electrons. The van der Waals surface area contributed by atoms with Crippen LogP contribution in [0.3, 0.4) is 0 Å². The molecule has 1 aromatic carbocycles. The van der Waals surface area contributed by atoms with Gasteiger partial charge in [-0.2, -0.15) is 0 Å². The fourth-order valence-electron chi connectivity index (χ4n) is 1.55. The molecule has 0 aliphatic rings. The third-order valence-corrected chi connectivity index (χ3v) is 2.38. The summed E-state index contributed by atoms with van der Waals surface area (Å²) in [5.74, 6) is 2.01. The highest BCUT2D eigenvalue weighted by molar-refractivity contribution is 5.37. The van der Waals surface area contributed by atoms with Crippen LogP contribution in [0.2, 0.25) is 0 Å². The molecule has 16 heavy (non-hydrogen) atoms. The average Bonchev–Trinajstić information content (AvgIpc) is 2.70. The lowest BCUT2D eigenvalue weighted by Crippen LogP contribution is -1.92. The van der Waals surface area contributed by atoms with Crippen LogP contribution >= 0.6 is 0 Å². The van der Waals surface area contributed by atoms with Gasteiger partial charge >= 0.3 is 0 Å². The van der Waals surface area contributed by atoms with Gasteiger partial charge in [0.05, 0.1) is 6.54 Å². The number of aryl methyl sites for hydroxylation is 2. The molecule has 2 N–H and O–H groups in total. The topological polar surface area (TPSA) is 48.4 Å². The second kappa shape index (κ2) is 4.41. The Morgan fingerprint density at radius 1 is 1.19 bits per heavy atom. The third kappa shape index (κ3) is 2.25. The standard InChI is InChI=1S/C13H15NO2/c1-9-3-5-12(10(2)7-9)16-13-6-4-11(8-14)15-13/h3-7H,8,14H2,1-2H3. The van der Waals surface area contributed by atoms with Crippen LogP contribution in [-0.4, -0.2) is 0 Å². The molecule has 0 atom stereocenters. The minimum atomic E-state index is 0.385. The predicted molar refractivity (Wildman–Crippen MR) is 62.6 cm³/mol. The van der Waals surface area contributed by atoms with E-state index in [4.69, 9.17) is 14.9 Å². The number of benzene rings is 1. The molecule has 0 aliphatic carbocycles. The first-order valence-corrected chi connectivity index (χ1v) is 5.23. The van der Waals surface area contributed by atoms with Crippen LogP contribution in [0.5, 0.6) is 11.7 Å². The van der Waals surface area contributed by atoms with Gasteiger partial charge in [-0.3, -0.25) is 0 Å². The van der Waals surface area contributed by atoms with Crippen molar-refractivity contribution in [1.29, 1.82) is 0 Å². The van der Waals surface area contributed by atoms with Crippen molar-refractivity contribution >= 4 is 0 Å². The highest BCUT2D eigenvalue weighted by Gasteiger charge is 2.05. The Balaban J connectivity index is 2.20. The second-order valence-electron chi connectivity index (χ2n) is 3.80. The summed E-state index contributed by atoms with van der Waals surface area (Å²) >= 11 is 0. The Morgan fingerprint density at radius 2 is 2.00 bits per heavy atom. The summed E-state index contributed by atoms with van der Waals surface area (Å²) in [5, 5.41) is 0. The molecule has 0 fully saturated rings. The lowest BCUT2D eigenvalue weighted by molar-refractivity contribution is 0.331. The van der Waals surface area contributed by atoms with Crippen LogP contribution < -0.4 is 10.5 Å². The molecule has 0 saturated heterocycles. The summed E-state index contributed by atoms with van der Waals surface area (Å²) in [5.41, 5.74) is 7.76. The molecule has 1 aromatic heterocycles. The zero-order valence-corrected chi connectivity index (χ0v) is 9.49. The first kappa shape index (κ1) is 10.8. The number of ether oxygens (including phenoxy) is 1. The summed E-state index contributed by atoms with van der Waals surface area (Å²) in [6, 6.07) is 9.62. The first-order valence-electron chi connectivity index (χ1n) is 5.23. The van der Waals surface area contributed by atoms with Crippen molar-refractivity contribution in [3.05, 3.63) is 47.2 Å². The summed E-state index contributed by atoms with van der Waals surface area (Å²) < 4.78 is 11.0. The van der Waals surface area contributed by atoms with Crippen molar-refractivity contribution < 1.29 is 9.15 Å². The van der Waals surface area contributed by atoms with Gasteiger partial charge < -0.3 is 14.9 Å². The molecule has 3 nitrogen and oxygen atoms in total. The van der Waals surface area contributed by atoms with Crippen LogP contribution in [0.1, 0.15) is 16.9 Å². The molecule has 3 heteroatoms. The van der Waals surface area contributed by atoms with E-state index in [9.17, 15) is 0 Å². The smallest absolute Gasteiger partial charge is 0.290 e. The van der Waals surface area contributed by atoms with Crippen molar-refractivity contribution in [3.8, 4) is 11.7 Å². The number of hydrogen-bond acceptors (Lipinski definition) is 3. The first-order chi connectivity index (χ1) is 7.69. The third-order valence-electron chi connectivity index (χ3n) is 2.38. The highest BCUT2D eigenvalue weighted by atomic mass is 16.6. The predicted octanol–water partition coefficient (Wildman–Crippen LogP) is 3.15. The zero-order chi connectivity index (χ0) is 11.5. The lowest BCUT2D eigenvalue weighted by Gasteiger charge is -2.06. The Bertz CT molecular complexity index is 488. The minimum absolute atomic E-state index is 0.385. The van der Waals surface area contributed by atoms with Crippen LogP contribution in [0.25, 0.3) is 0 Å². The Labute approximate surface area is 94.8 Å². The molecule has 0 amide bonds. The number of nitrogens with two attached hydrogens (primary N) is 1. The normalized spacial score (nSPS) is 10.4. The van der Waals surface area contributed by atoms with Gasteiger partial charge in [0.2, 0.25) is 0 Å². The van der Waals surface area contributed by atoms with Gasteiger partial charge in [-0.15, -0.1) is 0 Å². The van der Waals surface area contributed by atoms with Crippen molar-refractivity contribution in [3.63, 3.8) is 0 Å². The molecule has 2 rings (SSSR count). The van der Waals surface area contributed by atoms with Gasteiger partial charge in [-0.25, -0.2) is 0 Å².